The largest absolute Gasteiger partial charge is 0.467 e. The standard InChI is InChI=1S/C13H20O4/c1-15-9-10-16-11-17-13-7-3-2-5-12(13)6-4-8-14/h2-3,5,7,14H,4,6,8-11H2,1H3. The van der Waals surface area contributed by atoms with Crippen LogP contribution in [0.5, 0.6) is 5.75 Å². The van der Waals surface area contributed by atoms with Crippen molar-refractivity contribution in [3.8, 4) is 5.75 Å². The van der Waals surface area contributed by atoms with Gasteiger partial charge in [-0.3, -0.25) is 0 Å². The van der Waals surface area contributed by atoms with Crippen molar-refractivity contribution in [3.05, 3.63) is 29.8 Å². The molecule has 0 saturated carbocycles. The summed E-state index contributed by atoms with van der Waals surface area (Å²) in [5.41, 5.74) is 1.09. The molecule has 1 aromatic rings. The number of para-hydroxylation sites is 1. The molecule has 0 saturated heterocycles. The lowest BCUT2D eigenvalue weighted by Crippen LogP contribution is -2.08. The predicted octanol–water partition coefficient (Wildman–Crippen LogP) is 1.61. The van der Waals surface area contributed by atoms with E-state index in [1.54, 1.807) is 7.11 Å². The van der Waals surface area contributed by atoms with Crippen LogP contribution < -0.4 is 4.74 Å². The molecule has 0 spiro atoms. The van der Waals surface area contributed by atoms with Crippen molar-refractivity contribution in [2.75, 3.05) is 33.7 Å². The molecule has 1 aromatic carbocycles. The third-order valence-corrected chi connectivity index (χ3v) is 2.31. The number of rotatable bonds is 9. The second-order valence-electron chi connectivity index (χ2n) is 3.60. The van der Waals surface area contributed by atoms with Crippen LogP contribution in [0.3, 0.4) is 0 Å². The van der Waals surface area contributed by atoms with E-state index in [2.05, 4.69) is 0 Å². The summed E-state index contributed by atoms with van der Waals surface area (Å²) in [4.78, 5) is 0. The van der Waals surface area contributed by atoms with Gasteiger partial charge in [-0.05, 0) is 24.5 Å². The third kappa shape index (κ3) is 5.68. The Labute approximate surface area is 102 Å². The fourth-order valence-electron chi connectivity index (χ4n) is 1.43. The minimum absolute atomic E-state index is 0.193. The number of ether oxygens (including phenoxy) is 3. The quantitative estimate of drug-likeness (QED) is 0.526. The topological polar surface area (TPSA) is 47.9 Å². The summed E-state index contributed by atoms with van der Waals surface area (Å²) in [5.74, 6) is 0.818. The molecule has 4 nitrogen and oxygen atoms in total. The molecule has 0 amide bonds. The number of aliphatic hydroxyl groups excluding tert-OH is 1. The van der Waals surface area contributed by atoms with Crippen molar-refractivity contribution in [2.45, 2.75) is 12.8 Å². The highest BCUT2D eigenvalue weighted by Crippen LogP contribution is 2.19. The Morgan fingerprint density at radius 3 is 2.76 bits per heavy atom. The van der Waals surface area contributed by atoms with Crippen LogP contribution in [0.25, 0.3) is 0 Å². The van der Waals surface area contributed by atoms with Crippen molar-refractivity contribution in [3.63, 3.8) is 0 Å². The Balaban J connectivity index is 2.35. The molecule has 0 unspecified atom stereocenters. The number of benzene rings is 1. The molecule has 1 N–H and O–H groups in total. The van der Waals surface area contributed by atoms with Crippen LogP contribution in [0.15, 0.2) is 24.3 Å². The van der Waals surface area contributed by atoms with Gasteiger partial charge in [0.1, 0.15) is 5.75 Å². The van der Waals surface area contributed by atoms with E-state index in [0.717, 1.165) is 24.2 Å². The van der Waals surface area contributed by atoms with Gasteiger partial charge in [0, 0.05) is 13.7 Å². The smallest absolute Gasteiger partial charge is 0.189 e. The van der Waals surface area contributed by atoms with Gasteiger partial charge in [-0.1, -0.05) is 18.2 Å². The first-order valence-electron chi connectivity index (χ1n) is 5.76. The molecule has 0 fully saturated rings. The monoisotopic (exact) mass is 240 g/mol. The van der Waals surface area contributed by atoms with Gasteiger partial charge in [-0.15, -0.1) is 0 Å². The maximum Gasteiger partial charge on any atom is 0.189 e. The van der Waals surface area contributed by atoms with Crippen LogP contribution in [-0.4, -0.2) is 38.8 Å². The highest BCUT2D eigenvalue weighted by Gasteiger charge is 2.02. The van der Waals surface area contributed by atoms with Gasteiger partial charge in [0.2, 0.25) is 0 Å². The predicted molar refractivity (Wildman–Crippen MR) is 65.2 cm³/mol. The fourth-order valence-corrected chi connectivity index (χ4v) is 1.43. The van der Waals surface area contributed by atoms with E-state index in [1.165, 1.54) is 0 Å². The van der Waals surface area contributed by atoms with E-state index >= 15 is 0 Å². The summed E-state index contributed by atoms with van der Waals surface area (Å²) in [6.07, 6.45) is 1.55. The van der Waals surface area contributed by atoms with E-state index in [9.17, 15) is 0 Å². The number of hydrogen-bond donors (Lipinski definition) is 1. The molecule has 4 heteroatoms. The van der Waals surface area contributed by atoms with Gasteiger partial charge >= 0.3 is 0 Å². The minimum Gasteiger partial charge on any atom is -0.467 e. The zero-order valence-electron chi connectivity index (χ0n) is 10.2. The molecule has 0 heterocycles. The lowest BCUT2D eigenvalue weighted by Gasteiger charge is -2.11. The molecule has 0 atom stereocenters. The second kappa shape index (κ2) is 8.98. The Morgan fingerprint density at radius 2 is 2.00 bits per heavy atom. The van der Waals surface area contributed by atoms with Crippen LogP contribution in [0.2, 0.25) is 0 Å². The summed E-state index contributed by atoms with van der Waals surface area (Å²) >= 11 is 0. The maximum absolute atomic E-state index is 8.81. The highest BCUT2D eigenvalue weighted by atomic mass is 16.7. The van der Waals surface area contributed by atoms with E-state index < -0.39 is 0 Å². The van der Waals surface area contributed by atoms with Crippen LogP contribution in [0.1, 0.15) is 12.0 Å². The first-order chi connectivity index (χ1) is 8.38. The lowest BCUT2D eigenvalue weighted by molar-refractivity contribution is -0.00888. The van der Waals surface area contributed by atoms with Crippen LogP contribution in [0, 0.1) is 0 Å². The molecule has 0 aliphatic heterocycles. The number of aryl methyl sites for hydroxylation is 1. The van der Waals surface area contributed by atoms with Crippen LogP contribution in [-0.2, 0) is 15.9 Å². The van der Waals surface area contributed by atoms with Gasteiger partial charge in [-0.25, -0.2) is 0 Å². The van der Waals surface area contributed by atoms with Crippen molar-refractivity contribution in [2.24, 2.45) is 0 Å². The van der Waals surface area contributed by atoms with Gasteiger partial charge in [0.05, 0.1) is 13.2 Å². The molecule has 0 aliphatic carbocycles. The molecular formula is C13H20O4. The number of hydrogen-bond acceptors (Lipinski definition) is 4. The van der Waals surface area contributed by atoms with Crippen LogP contribution >= 0.6 is 0 Å². The zero-order valence-corrected chi connectivity index (χ0v) is 10.2. The van der Waals surface area contributed by atoms with Crippen molar-refractivity contribution < 1.29 is 19.3 Å². The van der Waals surface area contributed by atoms with Gasteiger partial charge < -0.3 is 19.3 Å². The minimum atomic E-state index is 0.193. The van der Waals surface area contributed by atoms with E-state index in [1.807, 2.05) is 24.3 Å². The Hall–Kier alpha value is -1.10. The lowest BCUT2D eigenvalue weighted by atomic mass is 10.1. The molecule has 0 radical (unpaired) electrons. The zero-order chi connectivity index (χ0) is 12.3. The SMILES string of the molecule is COCCOCOc1ccccc1CCCO. The van der Waals surface area contributed by atoms with Gasteiger partial charge in [-0.2, -0.15) is 0 Å². The van der Waals surface area contributed by atoms with Crippen molar-refractivity contribution in [1.82, 2.24) is 0 Å². The van der Waals surface area contributed by atoms with E-state index in [0.29, 0.717) is 13.2 Å². The normalized spacial score (nSPS) is 10.5. The number of aliphatic hydroxyl groups is 1. The molecule has 0 aromatic heterocycles. The van der Waals surface area contributed by atoms with E-state index in [-0.39, 0.29) is 13.4 Å². The maximum atomic E-state index is 8.81. The Kier molecular flexibility index (Phi) is 7.38. The summed E-state index contributed by atoms with van der Waals surface area (Å²) in [6, 6.07) is 7.80. The van der Waals surface area contributed by atoms with E-state index in [4.69, 9.17) is 19.3 Å². The highest BCUT2D eigenvalue weighted by molar-refractivity contribution is 5.33. The summed E-state index contributed by atoms with van der Waals surface area (Å²) < 4.78 is 15.6. The summed E-state index contributed by atoms with van der Waals surface area (Å²) in [7, 11) is 1.63. The van der Waals surface area contributed by atoms with Crippen LogP contribution in [0.4, 0.5) is 0 Å². The van der Waals surface area contributed by atoms with Gasteiger partial charge in [0.25, 0.3) is 0 Å². The Bertz CT molecular complexity index is 301. The average molecular weight is 240 g/mol. The average Bonchev–Trinajstić information content (AvgIpc) is 2.37. The first-order valence-corrected chi connectivity index (χ1v) is 5.76. The Morgan fingerprint density at radius 1 is 1.18 bits per heavy atom. The third-order valence-electron chi connectivity index (χ3n) is 2.31. The first kappa shape index (κ1) is 14.0. The molecular weight excluding hydrogens is 220 g/mol. The molecule has 0 aliphatic rings. The number of methoxy groups -OCH3 is 1. The van der Waals surface area contributed by atoms with Gasteiger partial charge in [0.15, 0.2) is 6.79 Å². The van der Waals surface area contributed by atoms with Crippen molar-refractivity contribution >= 4 is 0 Å². The molecule has 17 heavy (non-hydrogen) atoms. The molecule has 1 rings (SSSR count). The fraction of sp³-hybridized carbons (Fsp3) is 0.538. The molecule has 96 valence electrons. The summed E-state index contributed by atoms with van der Waals surface area (Å²) in [6.45, 7) is 1.50. The molecule has 0 bridgehead atoms. The van der Waals surface area contributed by atoms with Crippen molar-refractivity contribution in [1.29, 1.82) is 0 Å². The second-order valence-corrected chi connectivity index (χ2v) is 3.60. The summed E-state index contributed by atoms with van der Waals surface area (Å²) in [5, 5.41) is 8.81.